The van der Waals surface area contributed by atoms with Crippen LogP contribution in [0, 0.1) is 0 Å². The molecule has 0 saturated carbocycles. The fraction of sp³-hybridized carbons (Fsp3) is 0.143. The van der Waals surface area contributed by atoms with Gasteiger partial charge in [-0.05, 0) is 18.2 Å². The molecule has 78 valence electrons. The number of alkyl halides is 3. The standard InChI is InChI=1S/C7H6F3NO3/c8-7(9,10)4-1-2-5(11(13)14)6(12)3-4/h1-3,12-14H. The molecule has 1 aromatic rings. The Morgan fingerprint density at radius 2 is 1.71 bits per heavy atom. The van der Waals surface area contributed by atoms with E-state index in [1.165, 1.54) is 0 Å². The first kappa shape index (κ1) is 10.6. The summed E-state index contributed by atoms with van der Waals surface area (Å²) in [5.41, 5.74) is -1.60. The minimum absolute atomic E-state index is 0.398. The van der Waals surface area contributed by atoms with Crippen molar-refractivity contribution in [1.82, 2.24) is 0 Å². The smallest absolute Gasteiger partial charge is 0.416 e. The van der Waals surface area contributed by atoms with Gasteiger partial charge in [-0.15, -0.1) is 5.23 Å². The molecule has 0 spiro atoms. The van der Waals surface area contributed by atoms with Crippen molar-refractivity contribution in [2.75, 3.05) is 5.23 Å². The van der Waals surface area contributed by atoms with Crippen LogP contribution in [0.4, 0.5) is 18.9 Å². The second-order valence-corrected chi connectivity index (χ2v) is 2.49. The monoisotopic (exact) mass is 209 g/mol. The third-order valence-electron chi connectivity index (χ3n) is 1.52. The van der Waals surface area contributed by atoms with Crippen molar-refractivity contribution in [1.29, 1.82) is 0 Å². The number of hydrogen-bond acceptors (Lipinski definition) is 4. The molecule has 0 bridgehead atoms. The largest absolute Gasteiger partial charge is 0.506 e. The van der Waals surface area contributed by atoms with E-state index in [9.17, 15) is 13.2 Å². The number of phenols is 1. The van der Waals surface area contributed by atoms with Crippen molar-refractivity contribution in [3.63, 3.8) is 0 Å². The van der Waals surface area contributed by atoms with Crippen LogP contribution in [0.3, 0.4) is 0 Å². The Morgan fingerprint density at radius 1 is 1.14 bits per heavy atom. The first-order valence-corrected chi connectivity index (χ1v) is 3.40. The summed E-state index contributed by atoms with van der Waals surface area (Å²) in [6, 6.07) is 1.75. The summed E-state index contributed by atoms with van der Waals surface area (Å²) in [5, 5.41) is 25.4. The summed E-state index contributed by atoms with van der Waals surface area (Å²) in [4.78, 5) is 0. The van der Waals surface area contributed by atoms with Crippen LogP contribution in [-0.2, 0) is 6.18 Å². The van der Waals surface area contributed by atoms with Crippen molar-refractivity contribution >= 4 is 5.69 Å². The Hall–Kier alpha value is -1.47. The van der Waals surface area contributed by atoms with Gasteiger partial charge in [-0.1, -0.05) is 0 Å². The van der Waals surface area contributed by atoms with Crippen molar-refractivity contribution in [2.24, 2.45) is 0 Å². The van der Waals surface area contributed by atoms with Crippen LogP contribution in [-0.4, -0.2) is 15.5 Å². The van der Waals surface area contributed by atoms with Gasteiger partial charge in [0.25, 0.3) is 0 Å². The maximum atomic E-state index is 12.1. The predicted octanol–water partition coefficient (Wildman–Crippen LogP) is 2.00. The van der Waals surface area contributed by atoms with E-state index in [1.807, 2.05) is 0 Å². The molecular formula is C7H6F3NO3. The summed E-state index contributed by atoms with van der Waals surface area (Å²) < 4.78 is 36.2. The van der Waals surface area contributed by atoms with Crippen LogP contribution in [0.2, 0.25) is 0 Å². The summed E-state index contributed by atoms with van der Waals surface area (Å²) in [5.74, 6) is -0.871. The molecule has 0 aliphatic heterocycles. The van der Waals surface area contributed by atoms with Gasteiger partial charge in [0.2, 0.25) is 0 Å². The molecule has 4 nitrogen and oxygen atoms in total. The lowest BCUT2D eigenvalue weighted by Gasteiger charge is -2.12. The number of phenolic OH excluding ortho intramolecular Hbond substituents is 1. The average molecular weight is 209 g/mol. The van der Waals surface area contributed by atoms with E-state index >= 15 is 0 Å². The molecule has 0 unspecified atom stereocenters. The zero-order valence-corrected chi connectivity index (χ0v) is 6.65. The molecule has 0 radical (unpaired) electrons. The van der Waals surface area contributed by atoms with E-state index < -0.39 is 28.4 Å². The maximum Gasteiger partial charge on any atom is 0.416 e. The lowest BCUT2D eigenvalue weighted by Crippen LogP contribution is -2.12. The summed E-state index contributed by atoms with van der Waals surface area (Å²) in [6.45, 7) is 0. The van der Waals surface area contributed by atoms with Crippen LogP contribution < -0.4 is 5.23 Å². The maximum absolute atomic E-state index is 12.1. The Labute approximate surface area is 76.3 Å². The topological polar surface area (TPSA) is 63.9 Å². The van der Waals surface area contributed by atoms with Crippen LogP contribution in [0.15, 0.2) is 18.2 Å². The fourth-order valence-corrected chi connectivity index (χ4v) is 0.869. The third kappa shape index (κ3) is 2.06. The summed E-state index contributed by atoms with van der Waals surface area (Å²) in [7, 11) is 0. The molecule has 1 aromatic carbocycles. The van der Waals surface area contributed by atoms with Gasteiger partial charge in [0.05, 0.1) is 5.56 Å². The average Bonchev–Trinajstić information content (AvgIpc) is 2.01. The molecule has 0 aliphatic rings. The normalized spacial score (nSPS) is 11.5. The first-order valence-electron chi connectivity index (χ1n) is 3.40. The minimum Gasteiger partial charge on any atom is -0.506 e. The highest BCUT2D eigenvalue weighted by molar-refractivity contribution is 5.55. The molecule has 0 fully saturated rings. The van der Waals surface area contributed by atoms with E-state index in [1.54, 1.807) is 0 Å². The highest BCUT2D eigenvalue weighted by Crippen LogP contribution is 2.35. The van der Waals surface area contributed by atoms with Gasteiger partial charge in [0.15, 0.2) is 0 Å². The molecule has 0 saturated heterocycles. The number of hydrogen-bond donors (Lipinski definition) is 3. The molecular weight excluding hydrogens is 203 g/mol. The summed E-state index contributed by atoms with van der Waals surface area (Å²) in [6.07, 6.45) is -4.58. The van der Waals surface area contributed by atoms with Crippen molar-refractivity contribution < 1.29 is 28.7 Å². The third-order valence-corrected chi connectivity index (χ3v) is 1.52. The van der Waals surface area contributed by atoms with E-state index in [4.69, 9.17) is 15.5 Å². The predicted molar refractivity (Wildman–Crippen MR) is 39.2 cm³/mol. The van der Waals surface area contributed by atoms with Crippen molar-refractivity contribution in [3.05, 3.63) is 23.8 Å². The number of halogens is 3. The first-order chi connectivity index (χ1) is 6.32. The van der Waals surface area contributed by atoms with Gasteiger partial charge in [0, 0.05) is 0 Å². The minimum atomic E-state index is -4.58. The second kappa shape index (κ2) is 3.35. The van der Waals surface area contributed by atoms with Crippen molar-refractivity contribution in [3.8, 4) is 5.75 Å². The number of nitrogens with zero attached hydrogens (tertiary/aromatic N) is 1. The Bertz CT molecular complexity index is 337. The van der Waals surface area contributed by atoms with Gasteiger partial charge in [-0.2, -0.15) is 13.2 Å². The zero-order valence-electron chi connectivity index (χ0n) is 6.65. The molecule has 3 N–H and O–H groups in total. The SMILES string of the molecule is Oc1cc(C(F)(F)F)ccc1N(O)O. The van der Waals surface area contributed by atoms with E-state index in [0.717, 1.165) is 6.07 Å². The molecule has 0 aromatic heterocycles. The van der Waals surface area contributed by atoms with Crippen LogP contribution in [0.25, 0.3) is 0 Å². The molecule has 0 atom stereocenters. The van der Waals surface area contributed by atoms with Gasteiger partial charge in [-0.25, -0.2) is 0 Å². The molecule has 1 rings (SSSR count). The molecule has 0 aliphatic carbocycles. The van der Waals surface area contributed by atoms with E-state index in [0.29, 0.717) is 12.1 Å². The number of anilines is 1. The molecule has 0 amide bonds. The lowest BCUT2D eigenvalue weighted by atomic mass is 10.2. The molecule has 7 heteroatoms. The second-order valence-electron chi connectivity index (χ2n) is 2.49. The molecule has 0 heterocycles. The van der Waals surface area contributed by atoms with E-state index in [-0.39, 0.29) is 0 Å². The number of benzene rings is 1. The Kier molecular flexibility index (Phi) is 2.54. The molecule has 14 heavy (non-hydrogen) atoms. The van der Waals surface area contributed by atoms with Gasteiger partial charge in [-0.3, -0.25) is 10.4 Å². The Morgan fingerprint density at radius 3 is 2.07 bits per heavy atom. The lowest BCUT2D eigenvalue weighted by molar-refractivity contribution is -0.137. The van der Waals surface area contributed by atoms with Crippen LogP contribution >= 0.6 is 0 Å². The van der Waals surface area contributed by atoms with Gasteiger partial charge in [0.1, 0.15) is 11.4 Å². The highest BCUT2D eigenvalue weighted by Gasteiger charge is 2.31. The van der Waals surface area contributed by atoms with Crippen LogP contribution in [0.5, 0.6) is 5.75 Å². The number of rotatable bonds is 1. The fourth-order valence-electron chi connectivity index (χ4n) is 0.869. The highest BCUT2D eigenvalue weighted by atomic mass is 19.4. The Balaban J connectivity index is 3.13. The summed E-state index contributed by atoms with van der Waals surface area (Å²) >= 11 is 0. The van der Waals surface area contributed by atoms with Crippen molar-refractivity contribution in [2.45, 2.75) is 6.18 Å². The van der Waals surface area contributed by atoms with E-state index in [2.05, 4.69) is 0 Å². The van der Waals surface area contributed by atoms with Gasteiger partial charge >= 0.3 is 6.18 Å². The zero-order chi connectivity index (χ0) is 10.9. The quantitative estimate of drug-likeness (QED) is 0.619. The number of aromatic hydroxyl groups is 1. The van der Waals surface area contributed by atoms with Gasteiger partial charge < -0.3 is 5.11 Å². The van der Waals surface area contributed by atoms with Crippen LogP contribution in [0.1, 0.15) is 5.56 Å².